The molecular formula is C25H25ClF3N5O2. The Kier molecular flexibility index (Phi) is 6.02. The summed E-state index contributed by atoms with van der Waals surface area (Å²) in [5.41, 5.74) is 0.672. The van der Waals surface area contributed by atoms with E-state index in [4.69, 9.17) is 16.3 Å². The molecule has 1 aliphatic rings. The zero-order valence-electron chi connectivity index (χ0n) is 20.0. The van der Waals surface area contributed by atoms with Crippen LogP contribution >= 0.6 is 11.6 Å². The molecule has 0 aliphatic carbocycles. The van der Waals surface area contributed by atoms with Gasteiger partial charge in [-0.05, 0) is 37.1 Å². The third kappa shape index (κ3) is 3.93. The first-order chi connectivity index (χ1) is 17.1. The van der Waals surface area contributed by atoms with Crippen LogP contribution in [0.3, 0.4) is 0 Å². The van der Waals surface area contributed by atoms with E-state index in [9.17, 15) is 18.0 Å². The predicted octanol–water partition coefficient (Wildman–Crippen LogP) is 5.03. The minimum atomic E-state index is -4.53. The van der Waals surface area contributed by atoms with E-state index in [1.54, 1.807) is 33.5 Å². The predicted molar refractivity (Wildman–Crippen MR) is 132 cm³/mol. The smallest absolute Gasteiger partial charge is 0.416 e. The Balaban J connectivity index is 1.61. The number of fused-ring (bicyclic) bond motifs is 1. The zero-order valence-corrected chi connectivity index (χ0v) is 20.8. The van der Waals surface area contributed by atoms with Gasteiger partial charge in [0.2, 0.25) is 0 Å². The molecule has 0 radical (unpaired) electrons. The number of imidazole rings is 1. The van der Waals surface area contributed by atoms with Gasteiger partial charge in [0.15, 0.2) is 0 Å². The molecule has 4 aromatic rings. The monoisotopic (exact) mass is 519 g/mol. The van der Waals surface area contributed by atoms with Gasteiger partial charge in [-0.1, -0.05) is 35.9 Å². The highest BCUT2D eigenvalue weighted by Crippen LogP contribution is 2.36. The molecule has 2 aromatic carbocycles. The minimum absolute atomic E-state index is 0.0160. The number of halogens is 4. The molecule has 1 fully saturated rings. The molecule has 1 aliphatic heterocycles. The Morgan fingerprint density at radius 2 is 1.92 bits per heavy atom. The van der Waals surface area contributed by atoms with E-state index in [2.05, 4.69) is 10.00 Å². The van der Waals surface area contributed by atoms with Crippen LogP contribution in [-0.4, -0.2) is 39.1 Å². The topological polar surface area (TPSA) is 57.2 Å². The Morgan fingerprint density at radius 1 is 1.17 bits per heavy atom. The van der Waals surface area contributed by atoms with Crippen LogP contribution in [0, 0.1) is 6.92 Å². The van der Waals surface area contributed by atoms with Crippen LogP contribution in [0.25, 0.3) is 11.0 Å². The van der Waals surface area contributed by atoms with E-state index in [1.165, 1.54) is 23.8 Å². The van der Waals surface area contributed by atoms with E-state index in [0.29, 0.717) is 41.3 Å². The molecule has 1 unspecified atom stereocenters. The molecule has 0 spiro atoms. The zero-order chi connectivity index (χ0) is 25.8. The lowest BCUT2D eigenvalue weighted by Gasteiger charge is -2.19. The van der Waals surface area contributed by atoms with Gasteiger partial charge >= 0.3 is 11.9 Å². The molecule has 2 aromatic heterocycles. The molecule has 1 saturated heterocycles. The molecule has 5 rings (SSSR count). The van der Waals surface area contributed by atoms with Crippen molar-refractivity contribution in [3.8, 4) is 5.75 Å². The van der Waals surface area contributed by atoms with Gasteiger partial charge in [0.25, 0.3) is 0 Å². The van der Waals surface area contributed by atoms with E-state index in [0.717, 1.165) is 17.6 Å². The number of benzene rings is 2. The van der Waals surface area contributed by atoms with Gasteiger partial charge in [-0.2, -0.15) is 18.3 Å². The number of rotatable bonds is 5. The summed E-state index contributed by atoms with van der Waals surface area (Å²) in [6.07, 6.45) is -3.87. The van der Waals surface area contributed by atoms with Crippen LogP contribution < -0.4 is 15.3 Å². The van der Waals surface area contributed by atoms with Gasteiger partial charge in [0.1, 0.15) is 22.1 Å². The van der Waals surface area contributed by atoms with Crippen LogP contribution in [-0.2, 0) is 19.8 Å². The molecular weight excluding hydrogens is 495 g/mol. The number of alkyl halides is 3. The second-order valence-corrected chi connectivity index (χ2v) is 9.33. The van der Waals surface area contributed by atoms with Gasteiger partial charge in [0.05, 0.1) is 36.5 Å². The maximum Gasteiger partial charge on any atom is 0.416 e. The highest BCUT2D eigenvalue weighted by Gasteiger charge is 2.35. The molecule has 0 amide bonds. The van der Waals surface area contributed by atoms with E-state index < -0.39 is 11.7 Å². The number of nitrogens with zero attached hydrogens (tertiary/aromatic N) is 5. The first-order valence-electron chi connectivity index (χ1n) is 11.5. The molecule has 0 N–H and O–H groups in total. The van der Waals surface area contributed by atoms with Crippen molar-refractivity contribution >= 4 is 28.5 Å². The maximum absolute atomic E-state index is 13.8. The van der Waals surface area contributed by atoms with Gasteiger partial charge in [-0.3, -0.25) is 13.8 Å². The fraction of sp³-hybridized carbons (Fsp3) is 0.360. The third-order valence-electron chi connectivity index (χ3n) is 6.76. The van der Waals surface area contributed by atoms with Crippen LogP contribution in [0.15, 0.2) is 47.3 Å². The summed E-state index contributed by atoms with van der Waals surface area (Å²) in [5, 5.41) is 4.95. The molecule has 1 atom stereocenters. The Bertz CT molecular complexity index is 1500. The summed E-state index contributed by atoms with van der Waals surface area (Å²) in [7, 11) is 3.30. The number of ether oxygens (including phenoxy) is 1. The molecule has 3 heterocycles. The summed E-state index contributed by atoms with van der Waals surface area (Å²) >= 11 is 6.49. The second-order valence-electron chi connectivity index (χ2n) is 8.96. The number of para-hydroxylation sites is 1. The highest BCUT2D eigenvalue weighted by molar-refractivity contribution is 6.33. The van der Waals surface area contributed by atoms with E-state index in [1.807, 2.05) is 14.0 Å². The summed E-state index contributed by atoms with van der Waals surface area (Å²) < 4.78 is 51.4. The Morgan fingerprint density at radius 3 is 2.58 bits per heavy atom. The molecule has 190 valence electrons. The SMILES string of the molecule is COc1cccc2c1n(Cc1ccccc1C(F)(F)F)c(=O)n2C1CCN(c2c(Cl)c(C)nn2C)C1. The van der Waals surface area contributed by atoms with Crippen LogP contribution in [0.5, 0.6) is 5.75 Å². The standard InChI is InChI=1S/C25H25ClF3N5O2/c1-15-21(26)23(31(2)30-15)32-12-11-17(14-32)34-19-9-6-10-20(36-3)22(19)33(24(34)35)13-16-7-4-5-8-18(16)25(27,28)29/h4-10,17H,11-14H2,1-3H3. The van der Waals surface area contributed by atoms with Crippen LogP contribution in [0.4, 0.5) is 19.0 Å². The fourth-order valence-corrected chi connectivity index (χ4v) is 5.46. The number of aromatic nitrogens is 4. The lowest BCUT2D eigenvalue weighted by molar-refractivity contribution is -0.138. The molecule has 7 nitrogen and oxygen atoms in total. The largest absolute Gasteiger partial charge is 0.494 e. The third-order valence-corrected chi connectivity index (χ3v) is 7.21. The van der Waals surface area contributed by atoms with E-state index >= 15 is 0 Å². The average Bonchev–Trinajstić information content (AvgIpc) is 3.48. The van der Waals surface area contributed by atoms with Crippen molar-refractivity contribution in [1.82, 2.24) is 18.9 Å². The molecule has 11 heteroatoms. The summed E-state index contributed by atoms with van der Waals surface area (Å²) in [4.78, 5) is 15.9. The molecule has 36 heavy (non-hydrogen) atoms. The van der Waals surface area contributed by atoms with Crippen molar-refractivity contribution in [2.24, 2.45) is 7.05 Å². The quantitative estimate of drug-likeness (QED) is 0.371. The van der Waals surface area contributed by atoms with Crippen LogP contribution in [0.2, 0.25) is 5.02 Å². The maximum atomic E-state index is 13.8. The van der Waals surface area contributed by atoms with Gasteiger partial charge in [-0.15, -0.1) is 0 Å². The average molecular weight is 520 g/mol. The van der Waals surface area contributed by atoms with Gasteiger partial charge in [-0.25, -0.2) is 4.79 Å². The minimum Gasteiger partial charge on any atom is -0.494 e. The van der Waals surface area contributed by atoms with E-state index in [-0.39, 0.29) is 23.8 Å². The lowest BCUT2D eigenvalue weighted by Crippen LogP contribution is -2.30. The first kappa shape index (κ1) is 24.3. The van der Waals surface area contributed by atoms with Crippen LogP contribution in [0.1, 0.15) is 29.3 Å². The lowest BCUT2D eigenvalue weighted by atomic mass is 10.1. The highest BCUT2D eigenvalue weighted by atomic mass is 35.5. The Hall–Kier alpha value is -3.40. The number of anilines is 1. The Labute approximate surface area is 210 Å². The number of methoxy groups -OCH3 is 1. The summed E-state index contributed by atoms with van der Waals surface area (Å²) in [5.74, 6) is 1.21. The number of hydrogen-bond acceptors (Lipinski definition) is 4. The first-order valence-corrected chi connectivity index (χ1v) is 11.9. The van der Waals surface area contributed by atoms with Crippen molar-refractivity contribution in [2.75, 3.05) is 25.1 Å². The summed E-state index contributed by atoms with van der Waals surface area (Å²) in [6, 6.07) is 10.4. The van der Waals surface area contributed by atoms with Gasteiger partial charge < -0.3 is 9.64 Å². The number of hydrogen-bond donors (Lipinski definition) is 0. The van der Waals surface area contributed by atoms with Crippen molar-refractivity contribution in [1.29, 1.82) is 0 Å². The molecule has 0 saturated carbocycles. The van der Waals surface area contributed by atoms with Crippen molar-refractivity contribution in [2.45, 2.75) is 32.1 Å². The summed E-state index contributed by atoms with van der Waals surface area (Å²) in [6.45, 7) is 2.77. The normalized spacial score (nSPS) is 16.3. The fourth-order valence-electron chi connectivity index (χ4n) is 5.18. The molecule has 0 bridgehead atoms. The van der Waals surface area contributed by atoms with Crippen molar-refractivity contribution in [3.63, 3.8) is 0 Å². The van der Waals surface area contributed by atoms with Gasteiger partial charge in [0, 0.05) is 20.1 Å². The number of aryl methyl sites for hydroxylation is 2. The van der Waals surface area contributed by atoms with Crippen molar-refractivity contribution in [3.05, 3.63) is 74.8 Å². The second kappa shape index (κ2) is 8.92. The van der Waals surface area contributed by atoms with Crippen molar-refractivity contribution < 1.29 is 17.9 Å².